The Labute approximate surface area is 129 Å². The summed E-state index contributed by atoms with van der Waals surface area (Å²) in [4.78, 5) is 12.6. The summed E-state index contributed by atoms with van der Waals surface area (Å²) in [5.41, 5.74) is 0.779. The van der Waals surface area contributed by atoms with Gasteiger partial charge in [-0.3, -0.25) is 9.48 Å². The van der Waals surface area contributed by atoms with Crippen LogP contribution >= 0.6 is 39.1 Å². The van der Waals surface area contributed by atoms with Crippen molar-refractivity contribution >= 4 is 44.9 Å². The van der Waals surface area contributed by atoms with Gasteiger partial charge >= 0.3 is 0 Å². The van der Waals surface area contributed by atoms with Gasteiger partial charge in [0.15, 0.2) is 0 Å². The monoisotopic (exact) mass is 360 g/mol. The second-order valence-electron chi connectivity index (χ2n) is 3.99. The molecule has 2 rings (SSSR count). The zero-order valence-electron chi connectivity index (χ0n) is 10.2. The van der Waals surface area contributed by atoms with Crippen molar-refractivity contribution in [2.24, 2.45) is 0 Å². The third-order valence-corrected chi connectivity index (χ3v) is 3.85. The van der Waals surface area contributed by atoms with Crippen molar-refractivity contribution in [3.8, 4) is 0 Å². The van der Waals surface area contributed by atoms with Crippen LogP contribution in [0, 0.1) is 0 Å². The molecule has 100 valence electrons. The lowest BCUT2D eigenvalue weighted by atomic mass is 10.1. The maximum Gasteiger partial charge on any atom is 0.215 e. The number of rotatable bonds is 4. The smallest absolute Gasteiger partial charge is 0.215 e. The van der Waals surface area contributed by atoms with E-state index >= 15 is 0 Å². The fourth-order valence-electron chi connectivity index (χ4n) is 1.80. The van der Waals surface area contributed by atoms with Gasteiger partial charge in [-0.2, -0.15) is 5.10 Å². The van der Waals surface area contributed by atoms with Crippen molar-refractivity contribution in [3.05, 3.63) is 50.2 Å². The van der Waals surface area contributed by atoms with Crippen LogP contribution in [-0.2, 0) is 6.54 Å². The van der Waals surface area contributed by atoms with Crippen LogP contribution in [0.4, 0.5) is 0 Å². The Balaban J connectivity index is 2.53. The van der Waals surface area contributed by atoms with Crippen LogP contribution in [0.15, 0.2) is 28.9 Å². The maximum absolute atomic E-state index is 12.6. The zero-order chi connectivity index (χ0) is 14.0. The summed E-state index contributed by atoms with van der Waals surface area (Å²) in [7, 11) is 0. The number of hydrogen-bond acceptors (Lipinski definition) is 2. The van der Waals surface area contributed by atoms with Gasteiger partial charge in [-0.25, -0.2) is 0 Å². The summed E-state index contributed by atoms with van der Waals surface area (Å²) < 4.78 is 2.30. The molecule has 19 heavy (non-hydrogen) atoms. The van der Waals surface area contributed by atoms with Crippen LogP contribution in [0.25, 0.3) is 0 Å². The van der Waals surface area contributed by atoms with E-state index in [0.29, 0.717) is 32.3 Å². The molecule has 1 aromatic carbocycles. The fourth-order valence-corrected chi connectivity index (χ4v) is 2.85. The molecular formula is C13H11BrCl2N2O. The van der Waals surface area contributed by atoms with E-state index in [1.807, 2.05) is 6.92 Å². The Morgan fingerprint density at radius 3 is 2.58 bits per heavy atom. The van der Waals surface area contributed by atoms with Crippen molar-refractivity contribution in [1.82, 2.24) is 9.78 Å². The molecule has 0 N–H and O–H groups in total. The van der Waals surface area contributed by atoms with E-state index in [4.69, 9.17) is 23.2 Å². The molecule has 0 spiro atoms. The summed E-state index contributed by atoms with van der Waals surface area (Å²) in [5, 5.41) is 4.86. The predicted octanol–water partition coefficient (Wildman–Crippen LogP) is 4.59. The minimum atomic E-state index is -0.228. The van der Waals surface area contributed by atoms with Gasteiger partial charge in [0.1, 0.15) is 5.69 Å². The number of nitrogens with zero attached hydrogens (tertiary/aromatic N) is 2. The normalized spacial score (nSPS) is 10.7. The number of aryl methyl sites for hydroxylation is 1. The first-order valence-corrected chi connectivity index (χ1v) is 7.31. The van der Waals surface area contributed by atoms with Crippen LogP contribution in [0.2, 0.25) is 10.0 Å². The Kier molecular flexibility index (Phi) is 4.66. The number of halogens is 3. The molecule has 0 unspecified atom stereocenters. The van der Waals surface area contributed by atoms with E-state index in [1.54, 1.807) is 29.1 Å². The first-order chi connectivity index (χ1) is 9.06. The Bertz CT molecular complexity index is 605. The molecule has 0 aliphatic carbocycles. The second-order valence-corrected chi connectivity index (χ2v) is 5.66. The van der Waals surface area contributed by atoms with Crippen LogP contribution in [-0.4, -0.2) is 15.6 Å². The number of carbonyl (C=O) groups excluding carboxylic acids is 1. The molecule has 6 heteroatoms. The molecule has 0 saturated carbocycles. The van der Waals surface area contributed by atoms with E-state index in [9.17, 15) is 4.79 Å². The lowest BCUT2D eigenvalue weighted by Gasteiger charge is -2.09. The van der Waals surface area contributed by atoms with Gasteiger partial charge in [0.05, 0.1) is 26.3 Å². The lowest BCUT2D eigenvalue weighted by molar-refractivity contribution is 0.102. The van der Waals surface area contributed by atoms with E-state index in [0.717, 1.165) is 6.42 Å². The average molecular weight is 362 g/mol. The number of aromatic nitrogens is 2. The van der Waals surface area contributed by atoms with Crippen molar-refractivity contribution < 1.29 is 4.79 Å². The van der Waals surface area contributed by atoms with Gasteiger partial charge in [0, 0.05) is 6.54 Å². The van der Waals surface area contributed by atoms with Gasteiger partial charge in [-0.05, 0) is 34.5 Å². The minimum absolute atomic E-state index is 0.228. The van der Waals surface area contributed by atoms with Crippen LogP contribution < -0.4 is 0 Å². The molecule has 2 aromatic rings. The molecule has 0 amide bonds. The zero-order valence-corrected chi connectivity index (χ0v) is 13.3. The first-order valence-electron chi connectivity index (χ1n) is 5.76. The number of benzene rings is 1. The van der Waals surface area contributed by atoms with E-state index in [1.165, 1.54) is 0 Å². The van der Waals surface area contributed by atoms with Crippen LogP contribution in [0.1, 0.15) is 29.4 Å². The summed E-state index contributed by atoms with van der Waals surface area (Å²) in [6.07, 6.45) is 2.48. The van der Waals surface area contributed by atoms with Crippen molar-refractivity contribution in [3.63, 3.8) is 0 Å². The molecule has 0 aliphatic heterocycles. The molecule has 0 atom stereocenters. The molecule has 0 radical (unpaired) electrons. The minimum Gasteiger partial charge on any atom is -0.287 e. The molecule has 0 aliphatic rings. The van der Waals surface area contributed by atoms with Gasteiger partial charge in [0.2, 0.25) is 5.78 Å². The van der Waals surface area contributed by atoms with Gasteiger partial charge < -0.3 is 0 Å². The second kappa shape index (κ2) is 6.07. The van der Waals surface area contributed by atoms with Crippen LogP contribution in [0.5, 0.6) is 0 Å². The molecule has 1 aromatic heterocycles. The van der Waals surface area contributed by atoms with Crippen molar-refractivity contribution in [2.75, 3.05) is 0 Å². The lowest BCUT2D eigenvalue weighted by Crippen LogP contribution is -2.13. The summed E-state index contributed by atoms with van der Waals surface area (Å²) in [6, 6.07) is 5.00. The van der Waals surface area contributed by atoms with E-state index in [-0.39, 0.29) is 5.78 Å². The Hall–Kier alpha value is -0.840. The van der Waals surface area contributed by atoms with Crippen LogP contribution in [0.3, 0.4) is 0 Å². The molecule has 1 heterocycles. The molecule has 0 fully saturated rings. The highest BCUT2D eigenvalue weighted by molar-refractivity contribution is 9.10. The highest BCUT2D eigenvalue weighted by Gasteiger charge is 2.22. The Morgan fingerprint density at radius 1 is 1.37 bits per heavy atom. The molecule has 3 nitrogen and oxygen atoms in total. The van der Waals surface area contributed by atoms with Gasteiger partial charge in [0.25, 0.3) is 0 Å². The summed E-state index contributed by atoms with van der Waals surface area (Å²) in [6.45, 7) is 2.68. The topological polar surface area (TPSA) is 34.9 Å². The summed E-state index contributed by atoms with van der Waals surface area (Å²) >= 11 is 15.5. The highest BCUT2D eigenvalue weighted by atomic mass is 79.9. The van der Waals surface area contributed by atoms with E-state index in [2.05, 4.69) is 21.0 Å². The van der Waals surface area contributed by atoms with Gasteiger partial charge in [-0.15, -0.1) is 0 Å². The number of carbonyl (C=O) groups is 1. The van der Waals surface area contributed by atoms with Gasteiger partial charge in [-0.1, -0.05) is 36.2 Å². The van der Waals surface area contributed by atoms with Crippen molar-refractivity contribution in [1.29, 1.82) is 0 Å². The quantitative estimate of drug-likeness (QED) is 0.746. The average Bonchev–Trinajstić information content (AvgIpc) is 2.70. The number of hydrogen-bond donors (Lipinski definition) is 0. The highest BCUT2D eigenvalue weighted by Crippen LogP contribution is 2.29. The maximum atomic E-state index is 12.6. The third kappa shape index (κ3) is 2.86. The summed E-state index contributed by atoms with van der Waals surface area (Å²) in [5.74, 6) is -0.228. The SMILES string of the molecule is CCCn1ncc(Br)c1C(=O)c1c(Cl)cccc1Cl. The first kappa shape index (κ1) is 14.6. The molecule has 0 saturated heterocycles. The predicted molar refractivity (Wildman–Crippen MR) is 80.1 cm³/mol. The molecule has 0 bridgehead atoms. The number of ketones is 1. The third-order valence-electron chi connectivity index (χ3n) is 2.64. The standard InChI is InChI=1S/C13H11BrCl2N2O/c1-2-6-18-12(8(14)7-17-18)13(19)11-9(15)4-3-5-10(11)16/h3-5,7H,2,6H2,1H3. The van der Waals surface area contributed by atoms with Crippen molar-refractivity contribution in [2.45, 2.75) is 19.9 Å². The Morgan fingerprint density at radius 2 is 2.00 bits per heavy atom. The largest absolute Gasteiger partial charge is 0.287 e. The van der Waals surface area contributed by atoms with E-state index < -0.39 is 0 Å². The fraction of sp³-hybridized carbons (Fsp3) is 0.231. The molecular weight excluding hydrogens is 351 g/mol.